The summed E-state index contributed by atoms with van der Waals surface area (Å²) in [7, 11) is 0. The lowest BCUT2D eigenvalue weighted by molar-refractivity contribution is 0.0387. The number of nitrogens with zero attached hydrogens (tertiary/aromatic N) is 1. The molecule has 0 bridgehead atoms. The molecule has 2 heteroatoms. The first-order chi connectivity index (χ1) is 4.43. The molecule has 0 spiro atoms. The Morgan fingerprint density at radius 3 is 2.56 bits per heavy atom. The van der Waals surface area contributed by atoms with Crippen LogP contribution in [0.4, 0.5) is 0 Å². The van der Waals surface area contributed by atoms with Gasteiger partial charge in [-0.2, -0.15) is 0 Å². The summed E-state index contributed by atoms with van der Waals surface area (Å²) in [6, 6.07) is 0. The molecule has 0 atom stereocenters. The third-order valence-electron chi connectivity index (χ3n) is 1.53. The number of hydrogen-bond acceptors (Lipinski definition) is 2. The number of hydrogen-bond donors (Lipinski definition) is 0. The maximum absolute atomic E-state index is 6.96. The van der Waals surface area contributed by atoms with E-state index in [1.54, 1.807) is 0 Å². The van der Waals surface area contributed by atoms with E-state index >= 15 is 0 Å². The predicted molar refractivity (Wildman–Crippen MR) is 35.1 cm³/mol. The number of rotatable bonds is 2. The van der Waals surface area contributed by atoms with Crippen LogP contribution in [0, 0.1) is 6.92 Å². The average Bonchev–Trinajstić information content (AvgIpc) is 1.91. The summed E-state index contributed by atoms with van der Waals surface area (Å²) in [4.78, 5) is 2.26. The molecule has 51 valence electrons. The van der Waals surface area contributed by atoms with E-state index < -0.39 is 0 Å². The Hall–Kier alpha value is -0.0800. The maximum atomic E-state index is 6.96. The van der Waals surface area contributed by atoms with Gasteiger partial charge < -0.3 is 4.74 Å². The monoisotopic (exact) mass is 126 g/mol. The van der Waals surface area contributed by atoms with Crippen molar-refractivity contribution in [3.8, 4) is 0 Å². The smallest absolute Gasteiger partial charge is 0.0594 e. The molecule has 9 heavy (non-hydrogen) atoms. The lowest BCUT2D eigenvalue weighted by Crippen LogP contribution is -2.36. The molecule has 1 heterocycles. The summed E-state index contributed by atoms with van der Waals surface area (Å²) in [6.45, 7) is 11.6. The minimum absolute atomic E-state index is 0.514. The standard InChI is InChI=1S/C7H12NO/c1-2-3-8-4-6-9-7-5-8/h2-7H2. The first-order valence-corrected chi connectivity index (χ1v) is 3.38. The normalized spacial score (nSPS) is 22.3. The van der Waals surface area contributed by atoms with Crippen molar-refractivity contribution in [3.63, 3.8) is 0 Å². The van der Waals surface area contributed by atoms with Gasteiger partial charge in [0.1, 0.15) is 0 Å². The van der Waals surface area contributed by atoms with Crippen molar-refractivity contribution in [1.29, 1.82) is 0 Å². The Kier molecular flexibility index (Phi) is 3.01. The molecule has 0 aromatic rings. The molecule has 0 unspecified atom stereocenters. The summed E-state index contributed by atoms with van der Waals surface area (Å²) in [6.07, 6.45) is 0.514. The van der Waals surface area contributed by atoms with E-state index in [1.165, 1.54) is 0 Å². The number of morpholine rings is 1. The van der Waals surface area contributed by atoms with Crippen LogP contribution in [0.2, 0.25) is 0 Å². The fourth-order valence-electron chi connectivity index (χ4n) is 0.983. The van der Waals surface area contributed by atoms with Gasteiger partial charge in [0.2, 0.25) is 0 Å². The molecule has 0 aliphatic carbocycles. The molecule has 1 rings (SSSR count). The highest BCUT2D eigenvalue weighted by Gasteiger charge is 2.07. The van der Waals surface area contributed by atoms with Crippen LogP contribution in [0.5, 0.6) is 0 Å². The molecule has 0 aromatic carbocycles. The molecule has 1 fully saturated rings. The molecule has 3 radical (unpaired) electrons. The van der Waals surface area contributed by atoms with Gasteiger partial charge >= 0.3 is 0 Å². The molecule has 0 saturated carbocycles. The highest BCUT2D eigenvalue weighted by Crippen LogP contribution is 1.96. The summed E-state index contributed by atoms with van der Waals surface area (Å²) >= 11 is 0. The van der Waals surface area contributed by atoms with Gasteiger partial charge in [-0.1, -0.05) is 0 Å². The van der Waals surface area contributed by atoms with Gasteiger partial charge in [-0.3, -0.25) is 4.90 Å². The van der Waals surface area contributed by atoms with Crippen molar-refractivity contribution in [2.75, 3.05) is 32.8 Å². The Labute approximate surface area is 56.8 Å². The van der Waals surface area contributed by atoms with Crippen LogP contribution in [0.25, 0.3) is 0 Å². The van der Waals surface area contributed by atoms with Crippen molar-refractivity contribution < 1.29 is 4.74 Å². The minimum atomic E-state index is 0.514. The van der Waals surface area contributed by atoms with Crippen molar-refractivity contribution in [2.24, 2.45) is 0 Å². The van der Waals surface area contributed by atoms with Crippen LogP contribution in [-0.2, 0) is 4.74 Å². The van der Waals surface area contributed by atoms with Gasteiger partial charge in [0, 0.05) is 13.1 Å². The minimum Gasteiger partial charge on any atom is -0.379 e. The van der Waals surface area contributed by atoms with Crippen molar-refractivity contribution in [3.05, 3.63) is 6.92 Å². The highest BCUT2D eigenvalue weighted by molar-refractivity contribution is 4.61. The van der Waals surface area contributed by atoms with Crippen LogP contribution in [0.3, 0.4) is 0 Å². The second-order valence-corrected chi connectivity index (χ2v) is 2.20. The average molecular weight is 126 g/mol. The van der Waals surface area contributed by atoms with Crippen LogP contribution in [-0.4, -0.2) is 37.7 Å². The summed E-state index contributed by atoms with van der Waals surface area (Å²) in [5.74, 6) is 0. The van der Waals surface area contributed by atoms with E-state index in [-0.39, 0.29) is 0 Å². The van der Waals surface area contributed by atoms with Crippen LogP contribution < -0.4 is 0 Å². The lowest BCUT2D eigenvalue weighted by Gasteiger charge is -2.25. The Morgan fingerprint density at radius 1 is 1.33 bits per heavy atom. The zero-order valence-electron chi connectivity index (χ0n) is 5.60. The Bertz CT molecular complexity index is 66.6. The predicted octanol–water partition coefficient (Wildman–Crippen LogP) is 0.297. The molecule has 0 aromatic heterocycles. The second-order valence-electron chi connectivity index (χ2n) is 2.20. The molecular formula is C7H12NO. The highest BCUT2D eigenvalue weighted by atomic mass is 16.5. The van der Waals surface area contributed by atoms with Gasteiger partial charge in [0.15, 0.2) is 0 Å². The fraction of sp³-hybridized carbons (Fsp3) is 0.857. The molecular weight excluding hydrogens is 114 g/mol. The zero-order valence-corrected chi connectivity index (χ0v) is 5.60. The van der Waals surface area contributed by atoms with Gasteiger partial charge in [-0.25, -0.2) is 0 Å². The third-order valence-corrected chi connectivity index (χ3v) is 1.53. The van der Waals surface area contributed by atoms with Gasteiger partial charge in [0.25, 0.3) is 0 Å². The largest absolute Gasteiger partial charge is 0.379 e. The molecule has 1 aliphatic rings. The van der Waals surface area contributed by atoms with E-state index in [2.05, 4.69) is 4.90 Å². The molecule has 0 amide bonds. The van der Waals surface area contributed by atoms with E-state index in [0.717, 1.165) is 32.8 Å². The zero-order chi connectivity index (χ0) is 6.53. The van der Waals surface area contributed by atoms with E-state index in [9.17, 15) is 0 Å². The van der Waals surface area contributed by atoms with Crippen molar-refractivity contribution >= 4 is 0 Å². The molecule has 1 aliphatic heterocycles. The topological polar surface area (TPSA) is 12.5 Å². The Morgan fingerprint density at radius 2 is 2.00 bits per heavy atom. The third kappa shape index (κ3) is 2.33. The van der Waals surface area contributed by atoms with Crippen LogP contribution in [0.1, 0.15) is 6.42 Å². The maximum Gasteiger partial charge on any atom is 0.0594 e. The van der Waals surface area contributed by atoms with E-state index in [4.69, 9.17) is 11.7 Å². The van der Waals surface area contributed by atoms with Crippen molar-refractivity contribution in [1.82, 2.24) is 4.90 Å². The van der Waals surface area contributed by atoms with Crippen LogP contribution in [0.15, 0.2) is 0 Å². The van der Waals surface area contributed by atoms with Crippen LogP contribution >= 0.6 is 0 Å². The fourth-order valence-corrected chi connectivity index (χ4v) is 0.983. The molecule has 2 nitrogen and oxygen atoms in total. The summed E-state index contributed by atoms with van der Waals surface area (Å²) < 4.78 is 5.14. The Balaban J connectivity index is 2.08. The number of ether oxygens (including phenoxy) is 1. The van der Waals surface area contributed by atoms with Crippen molar-refractivity contribution in [2.45, 2.75) is 6.42 Å². The lowest BCUT2D eigenvalue weighted by atomic mass is 10.4. The SMILES string of the molecule is [C]CCN1CCOCC1. The summed E-state index contributed by atoms with van der Waals surface area (Å²) in [5, 5.41) is 0. The van der Waals surface area contributed by atoms with Gasteiger partial charge in [-0.15, -0.1) is 0 Å². The molecule has 0 N–H and O–H groups in total. The first kappa shape index (κ1) is 7.03. The van der Waals surface area contributed by atoms with E-state index in [0.29, 0.717) is 6.42 Å². The quantitative estimate of drug-likeness (QED) is 0.527. The van der Waals surface area contributed by atoms with Gasteiger partial charge in [0.05, 0.1) is 13.2 Å². The molecule has 1 saturated heterocycles. The second kappa shape index (κ2) is 3.85. The summed E-state index contributed by atoms with van der Waals surface area (Å²) in [5.41, 5.74) is 0. The van der Waals surface area contributed by atoms with Gasteiger partial charge in [-0.05, 0) is 19.9 Å². The first-order valence-electron chi connectivity index (χ1n) is 3.38. The van der Waals surface area contributed by atoms with E-state index in [1.807, 2.05) is 0 Å².